The first-order valence-corrected chi connectivity index (χ1v) is 15.4. The van der Waals surface area contributed by atoms with Gasteiger partial charge in [0.05, 0.1) is 24.9 Å². The molecule has 2 aliphatic rings. The number of thiophene rings is 1. The number of morpholine rings is 1. The predicted octanol–water partition coefficient (Wildman–Crippen LogP) is 2.45. The molecule has 1 saturated carbocycles. The number of nitrogens with one attached hydrogen (secondary N) is 1. The van der Waals surface area contributed by atoms with Crippen LogP contribution in [0.4, 0.5) is 11.8 Å². The summed E-state index contributed by atoms with van der Waals surface area (Å²) in [4.78, 5) is 32.6. The van der Waals surface area contributed by atoms with Crippen LogP contribution >= 0.6 is 11.3 Å². The molecular formula is C30H33N8O4S+. The maximum atomic E-state index is 13.0. The van der Waals surface area contributed by atoms with Crippen molar-refractivity contribution in [1.29, 1.82) is 0 Å². The number of aromatic nitrogens is 4. The normalized spacial score (nSPS) is 19.2. The summed E-state index contributed by atoms with van der Waals surface area (Å²) in [6, 6.07) is 9.93. The molecule has 1 aliphatic carbocycles. The Morgan fingerprint density at radius 2 is 2.02 bits per heavy atom. The summed E-state index contributed by atoms with van der Waals surface area (Å²) < 4.78 is 14.1. The van der Waals surface area contributed by atoms with Gasteiger partial charge in [-0.25, -0.2) is 4.98 Å². The summed E-state index contributed by atoms with van der Waals surface area (Å²) >= 11 is 1.37. The van der Waals surface area contributed by atoms with Gasteiger partial charge in [0, 0.05) is 42.9 Å². The van der Waals surface area contributed by atoms with E-state index in [2.05, 4.69) is 21.2 Å². The van der Waals surface area contributed by atoms with Crippen LogP contribution in [0.5, 0.6) is 0 Å². The Balaban J connectivity index is 1.26. The minimum Gasteiger partial charge on any atom is -0.439 e. The predicted molar refractivity (Wildman–Crippen MR) is 163 cm³/mol. The number of nitrogens with zero attached hydrogens (tertiary/aromatic N) is 5. The van der Waals surface area contributed by atoms with Crippen molar-refractivity contribution in [2.75, 3.05) is 36.5 Å². The Hall–Kier alpha value is -4.33. The highest BCUT2D eigenvalue weighted by molar-refractivity contribution is 7.17. The number of carbonyl (C=O) groups excluding carboxylic acids is 1. The van der Waals surface area contributed by atoms with E-state index in [1.807, 2.05) is 34.5 Å². The number of amides is 1. The molecule has 13 heteroatoms. The molecule has 2 fully saturated rings. The van der Waals surface area contributed by atoms with Gasteiger partial charge >= 0.3 is 0 Å². The molecule has 5 heterocycles. The molecule has 222 valence electrons. The van der Waals surface area contributed by atoms with Crippen LogP contribution in [0.2, 0.25) is 0 Å². The second-order valence-electron chi connectivity index (χ2n) is 11.2. The third-order valence-electron chi connectivity index (χ3n) is 8.36. The number of hydrogen-bond donors (Lipinski definition) is 3. The first kappa shape index (κ1) is 27.5. The van der Waals surface area contributed by atoms with Gasteiger partial charge in [-0.15, -0.1) is 21.5 Å². The molecule has 1 saturated heterocycles. The van der Waals surface area contributed by atoms with Gasteiger partial charge in [0.2, 0.25) is 11.4 Å². The van der Waals surface area contributed by atoms with E-state index in [0.717, 1.165) is 36.0 Å². The van der Waals surface area contributed by atoms with Crippen LogP contribution in [0.1, 0.15) is 47.3 Å². The second-order valence-corrected chi connectivity index (χ2v) is 12.1. The Morgan fingerprint density at radius 3 is 2.84 bits per heavy atom. The average molecular weight is 602 g/mol. The average Bonchev–Trinajstić information content (AvgIpc) is 3.67. The highest BCUT2D eigenvalue weighted by Crippen LogP contribution is 2.35. The zero-order chi connectivity index (χ0) is 29.5. The maximum Gasteiger partial charge on any atom is 0.254 e. The number of rotatable bonds is 7. The first-order valence-electron chi connectivity index (χ1n) is 14.6. The van der Waals surface area contributed by atoms with Gasteiger partial charge < -0.3 is 30.8 Å². The van der Waals surface area contributed by atoms with Crippen molar-refractivity contribution < 1.29 is 19.7 Å². The number of primary amides is 1. The quantitative estimate of drug-likeness (QED) is 0.254. The number of anilines is 2. The minimum atomic E-state index is -0.614. The lowest BCUT2D eigenvalue weighted by molar-refractivity contribution is -0.427. The third kappa shape index (κ3) is 5.24. The van der Waals surface area contributed by atoms with Gasteiger partial charge in [-0.3, -0.25) is 14.0 Å². The molecule has 0 bridgehead atoms. The van der Waals surface area contributed by atoms with E-state index in [0.29, 0.717) is 66.2 Å². The van der Waals surface area contributed by atoms with Crippen molar-refractivity contribution in [3.63, 3.8) is 0 Å². The number of carbonyl (C=O) groups is 1. The second kappa shape index (κ2) is 11.4. The van der Waals surface area contributed by atoms with Crippen LogP contribution in [0, 0.1) is 0 Å². The number of fused-ring (bicyclic) bond motifs is 2. The van der Waals surface area contributed by atoms with Crippen LogP contribution in [0.25, 0.3) is 27.1 Å². The van der Waals surface area contributed by atoms with Crippen LogP contribution in [0.3, 0.4) is 0 Å². The molecule has 2 atom stereocenters. The minimum absolute atomic E-state index is 0.0606. The van der Waals surface area contributed by atoms with E-state index in [1.165, 1.54) is 17.8 Å². The van der Waals surface area contributed by atoms with Crippen LogP contribution in [-0.2, 0) is 11.2 Å². The topological polar surface area (TPSA) is 169 Å². The maximum absolute atomic E-state index is 13.0. The summed E-state index contributed by atoms with van der Waals surface area (Å²) in [6.07, 6.45) is 6.22. The molecule has 0 unspecified atom stereocenters. The van der Waals surface area contributed by atoms with Crippen LogP contribution in [-0.4, -0.2) is 63.9 Å². The van der Waals surface area contributed by atoms with Gasteiger partial charge in [0.15, 0.2) is 17.1 Å². The molecule has 5 aromatic rings. The number of benzene rings is 1. The van der Waals surface area contributed by atoms with Crippen molar-refractivity contribution in [3.8, 4) is 11.1 Å². The fourth-order valence-corrected chi connectivity index (χ4v) is 7.00. The van der Waals surface area contributed by atoms with E-state index >= 15 is 0 Å². The highest BCUT2D eigenvalue weighted by Gasteiger charge is 2.28. The Labute approximate surface area is 250 Å². The van der Waals surface area contributed by atoms with E-state index in [-0.39, 0.29) is 23.1 Å². The van der Waals surface area contributed by atoms with E-state index in [4.69, 9.17) is 19.9 Å². The lowest BCUT2D eigenvalue weighted by Gasteiger charge is -2.27. The molecular weight excluding hydrogens is 568 g/mol. The molecule has 0 spiro atoms. The van der Waals surface area contributed by atoms with Crippen LogP contribution in [0.15, 0.2) is 51.3 Å². The molecule has 4 aromatic heterocycles. The fraction of sp³-hybridized carbons (Fsp3) is 0.367. The van der Waals surface area contributed by atoms with E-state index in [1.54, 1.807) is 16.8 Å². The highest BCUT2D eigenvalue weighted by atomic mass is 32.1. The number of hydrogen-bond acceptors (Lipinski definition) is 10. The van der Waals surface area contributed by atoms with Crippen LogP contribution < -0.4 is 27.1 Å². The molecule has 0 radical (unpaired) electrons. The summed E-state index contributed by atoms with van der Waals surface area (Å²) in [6.45, 7) is 2.52. The van der Waals surface area contributed by atoms with Gasteiger partial charge in [-0.2, -0.15) is 0 Å². The fourth-order valence-electron chi connectivity index (χ4n) is 6.08. The third-order valence-corrected chi connectivity index (χ3v) is 9.34. The number of ether oxygens (including phenoxy) is 1. The summed E-state index contributed by atoms with van der Waals surface area (Å²) in [7, 11) is 0. The molecule has 12 nitrogen and oxygen atoms in total. The number of quaternary nitrogens is 1. The lowest BCUT2D eigenvalue weighted by Crippen LogP contribution is -2.68. The van der Waals surface area contributed by atoms with Crippen molar-refractivity contribution >= 4 is 45.0 Å². The monoisotopic (exact) mass is 601 g/mol. The van der Waals surface area contributed by atoms with Crippen molar-refractivity contribution in [1.82, 2.24) is 19.6 Å². The Morgan fingerprint density at radius 1 is 1.19 bits per heavy atom. The molecule has 1 aromatic carbocycles. The van der Waals surface area contributed by atoms with Gasteiger partial charge in [0.1, 0.15) is 22.6 Å². The van der Waals surface area contributed by atoms with Gasteiger partial charge in [-0.1, -0.05) is 30.7 Å². The summed E-state index contributed by atoms with van der Waals surface area (Å²) in [5, 5.41) is 13.8. The SMILES string of the molecule is NC(=O)c1c(Cc2cccc(-c3csc4c(=O)cc(N5CCOCC5)oc34)c2)nc(N[C@H]2CCCC[C@H]2[NH3+])n2cnnc12. The summed E-state index contributed by atoms with van der Waals surface area (Å²) in [5.41, 5.74) is 14.5. The summed E-state index contributed by atoms with van der Waals surface area (Å²) in [5.74, 6) is 0.506. The molecule has 43 heavy (non-hydrogen) atoms. The van der Waals surface area contributed by atoms with Gasteiger partial charge in [0.25, 0.3) is 5.91 Å². The molecule has 7 rings (SSSR count). The Bertz CT molecular complexity index is 1880. The number of nitrogens with two attached hydrogens (primary N) is 1. The standard InChI is InChI=1S/C30H32N8O4S/c31-20-6-1-2-7-21(20)34-30-35-22(25(28(32)40)29-36-33-16-38(29)30)13-17-4-3-5-18(12-17)19-15-43-27-23(39)14-24(42-26(19)27)37-8-10-41-11-9-37/h3-5,12,14-16,20-21H,1-2,6-11,13,31H2,(H2,32,40)(H,34,35)/p+1/t20-,21+/m1/s1. The van der Waals surface area contributed by atoms with Crippen molar-refractivity contribution in [2.45, 2.75) is 44.2 Å². The first-order chi connectivity index (χ1) is 21.0. The van der Waals surface area contributed by atoms with Crippen molar-refractivity contribution in [3.05, 3.63) is 69.1 Å². The Kier molecular flexibility index (Phi) is 7.29. The molecule has 1 amide bonds. The smallest absolute Gasteiger partial charge is 0.254 e. The zero-order valence-electron chi connectivity index (χ0n) is 23.6. The largest absolute Gasteiger partial charge is 0.439 e. The molecule has 1 aliphatic heterocycles. The van der Waals surface area contributed by atoms with E-state index in [9.17, 15) is 9.59 Å². The van der Waals surface area contributed by atoms with Crippen molar-refractivity contribution in [2.24, 2.45) is 5.73 Å². The van der Waals surface area contributed by atoms with E-state index < -0.39 is 5.91 Å². The zero-order valence-corrected chi connectivity index (χ0v) is 24.4. The van der Waals surface area contributed by atoms with Gasteiger partial charge in [-0.05, 0) is 24.0 Å². The lowest BCUT2D eigenvalue weighted by atomic mass is 9.91. The molecule has 6 N–H and O–H groups in total.